The topological polar surface area (TPSA) is 39.1 Å². The van der Waals surface area contributed by atoms with Crippen molar-refractivity contribution in [3.63, 3.8) is 0 Å². The lowest BCUT2D eigenvalue weighted by Gasteiger charge is -2.41. The molecule has 2 atom stereocenters. The highest BCUT2D eigenvalue weighted by molar-refractivity contribution is 5.10. The average Bonchev–Trinajstić information content (AvgIpc) is 2.60. The second-order valence-electron chi connectivity index (χ2n) is 7.25. The Kier molecular flexibility index (Phi) is 4.53. The average molecular weight is 263 g/mol. The summed E-state index contributed by atoms with van der Waals surface area (Å²) in [5.41, 5.74) is 0.226. The predicted octanol–water partition coefficient (Wildman–Crippen LogP) is 2.92. The van der Waals surface area contributed by atoms with Crippen LogP contribution in [0.15, 0.2) is 0 Å². The van der Waals surface area contributed by atoms with E-state index < -0.39 is 0 Å². The molecule has 2 rings (SSSR count). The van der Waals surface area contributed by atoms with Crippen molar-refractivity contribution in [1.82, 2.24) is 10.2 Å². The van der Waals surface area contributed by atoms with Gasteiger partial charge in [0.05, 0.1) is 6.07 Å². The van der Waals surface area contributed by atoms with Gasteiger partial charge in [-0.1, -0.05) is 13.8 Å². The van der Waals surface area contributed by atoms with E-state index in [1.165, 1.54) is 45.2 Å². The Morgan fingerprint density at radius 1 is 1.16 bits per heavy atom. The minimum Gasteiger partial charge on any atom is -0.302 e. The van der Waals surface area contributed by atoms with Crippen molar-refractivity contribution in [2.45, 2.75) is 70.4 Å². The van der Waals surface area contributed by atoms with Gasteiger partial charge >= 0.3 is 0 Å². The van der Waals surface area contributed by atoms with Crippen LogP contribution in [-0.4, -0.2) is 36.6 Å². The lowest BCUT2D eigenvalue weighted by atomic mass is 9.79. The van der Waals surface area contributed by atoms with Crippen LogP contribution >= 0.6 is 0 Å². The number of nitrogens with zero attached hydrogens (tertiary/aromatic N) is 2. The van der Waals surface area contributed by atoms with E-state index in [-0.39, 0.29) is 5.54 Å². The first kappa shape index (κ1) is 14.8. The number of hydrogen-bond acceptors (Lipinski definition) is 3. The van der Waals surface area contributed by atoms with Crippen molar-refractivity contribution in [1.29, 1.82) is 5.26 Å². The summed E-state index contributed by atoms with van der Waals surface area (Å²) in [7, 11) is 1.94. The van der Waals surface area contributed by atoms with Gasteiger partial charge in [-0.25, -0.2) is 0 Å². The summed E-state index contributed by atoms with van der Waals surface area (Å²) < 4.78 is 0. The third kappa shape index (κ3) is 3.49. The molecule has 0 aromatic rings. The first-order valence-electron chi connectivity index (χ1n) is 7.84. The molecule has 1 aliphatic heterocycles. The van der Waals surface area contributed by atoms with Crippen LogP contribution in [0.25, 0.3) is 0 Å². The van der Waals surface area contributed by atoms with Crippen LogP contribution in [0, 0.1) is 16.7 Å². The summed E-state index contributed by atoms with van der Waals surface area (Å²) in [5.74, 6) is 0. The number of likely N-dealkylation sites (tertiary alicyclic amines) is 1. The normalized spacial score (nSPS) is 36.4. The number of nitrogens with one attached hydrogen (secondary N) is 1. The van der Waals surface area contributed by atoms with Gasteiger partial charge in [0.2, 0.25) is 0 Å². The van der Waals surface area contributed by atoms with E-state index >= 15 is 0 Å². The summed E-state index contributed by atoms with van der Waals surface area (Å²) >= 11 is 0. The van der Waals surface area contributed by atoms with Crippen molar-refractivity contribution in [2.75, 3.05) is 20.1 Å². The molecule has 2 fully saturated rings. The van der Waals surface area contributed by atoms with Crippen molar-refractivity contribution in [3.8, 4) is 6.07 Å². The maximum atomic E-state index is 9.47. The van der Waals surface area contributed by atoms with Crippen molar-refractivity contribution in [3.05, 3.63) is 0 Å². The van der Waals surface area contributed by atoms with Crippen LogP contribution in [0.2, 0.25) is 0 Å². The molecule has 2 aliphatic rings. The fraction of sp³-hybridized carbons (Fsp3) is 0.938. The van der Waals surface area contributed by atoms with Gasteiger partial charge in [-0.05, 0) is 70.5 Å². The van der Waals surface area contributed by atoms with Gasteiger partial charge in [-0.2, -0.15) is 5.26 Å². The molecule has 0 aromatic heterocycles. The SMILES string of the molecule is CNC1(C#N)CCCC(N2CCCC(C)(C)CC2)C1. The van der Waals surface area contributed by atoms with E-state index in [0.29, 0.717) is 11.5 Å². The molecule has 0 aromatic carbocycles. The smallest absolute Gasteiger partial charge is 0.108 e. The summed E-state index contributed by atoms with van der Waals surface area (Å²) in [6.45, 7) is 7.22. The molecule has 0 radical (unpaired) electrons. The summed E-state index contributed by atoms with van der Waals surface area (Å²) in [5, 5.41) is 12.7. The van der Waals surface area contributed by atoms with Gasteiger partial charge in [0.1, 0.15) is 5.54 Å². The number of rotatable bonds is 2. The van der Waals surface area contributed by atoms with Crippen molar-refractivity contribution in [2.24, 2.45) is 5.41 Å². The molecular weight excluding hydrogens is 234 g/mol. The van der Waals surface area contributed by atoms with Crippen LogP contribution in [0.1, 0.15) is 58.8 Å². The standard InChI is InChI=1S/C16H29N3/c1-15(2)7-5-10-19(11-9-15)14-6-4-8-16(12-14,13-17)18-3/h14,18H,4-12H2,1-3H3. The van der Waals surface area contributed by atoms with Gasteiger partial charge in [0, 0.05) is 6.04 Å². The second kappa shape index (κ2) is 5.81. The maximum absolute atomic E-state index is 9.47. The lowest BCUT2D eigenvalue weighted by molar-refractivity contribution is 0.123. The molecule has 19 heavy (non-hydrogen) atoms. The largest absolute Gasteiger partial charge is 0.302 e. The summed E-state index contributed by atoms with van der Waals surface area (Å²) in [6, 6.07) is 3.14. The highest BCUT2D eigenvalue weighted by atomic mass is 15.2. The van der Waals surface area contributed by atoms with Crippen LogP contribution < -0.4 is 5.32 Å². The highest BCUT2D eigenvalue weighted by Crippen LogP contribution is 2.35. The molecule has 0 amide bonds. The Labute approximate surface area is 118 Å². The predicted molar refractivity (Wildman–Crippen MR) is 78.9 cm³/mol. The van der Waals surface area contributed by atoms with Gasteiger partial charge in [-0.15, -0.1) is 0 Å². The molecule has 1 heterocycles. The second-order valence-corrected chi connectivity index (χ2v) is 7.25. The van der Waals surface area contributed by atoms with E-state index in [1.54, 1.807) is 0 Å². The summed E-state index contributed by atoms with van der Waals surface area (Å²) in [4.78, 5) is 2.66. The van der Waals surface area contributed by atoms with Gasteiger partial charge in [0.25, 0.3) is 0 Å². The number of nitriles is 1. The van der Waals surface area contributed by atoms with Crippen LogP contribution in [0.5, 0.6) is 0 Å². The Morgan fingerprint density at radius 2 is 1.95 bits per heavy atom. The molecule has 0 spiro atoms. The Morgan fingerprint density at radius 3 is 2.63 bits per heavy atom. The molecule has 3 heteroatoms. The van der Waals surface area contributed by atoms with E-state index in [4.69, 9.17) is 0 Å². The van der Waals surface area contributed by atoms with Crippen molar-refractivity contribution >= 4 is 0 Å². The zero-order chi connectivity index (χ0) is 13.9. The molecular formula is C16H29N3. The van der Waals surface area contributed by atoms with Gasteiger partial charge in [0.15, 0.2) is 0 Å². The molecule has 3 nitrogen and oxygen atoms in total. The summed E-state index contributed by atoms with van der Waals surface area (Å²) in [6.07, 6.45) is 8.40. The molecule has 1 aliphatic carbocycles. The fourth-order valence-electron chi connectivity index (χ4n) is 3.75. The Hall–Kier alpha value is -0.590. The fourth-order valence-corrected chi connectivity index (χ4v) is 3.75. The Balaban J connectivity index is 2.00. The van der Waals surface area contributed by atoms with E-state index in [9.17, 15) is 5.26 Å². The molecule has 0 bridgehead atoms. The third-order valence-corrected chi connectivity index (χ3v) is 5.31. The zero-order valence-corrected chi connectivity index (χ0v) is 12.8. The van der Waals surface area contributed by atoms with Crippen molar-refractivity contribution < 1.29 is 0 Å². The monoisotopic (exact) mass is 263 g/mol. The van der Waals surface area contributed by atoms with Gasteiger partial charge < -0.3 is 10.2 Å². The zero-order valence-electron chi connectivity index (χ0n) is 12.8. The highest BCUT2D eigenvalue weighted by Gasteiger charge is 2.38. The minimum atomic E-state index is -0.273. The minimum absolute atomic E-state index is 0.273. The van der Waals surface area contributed by atoms with Crippen LogP contribution in [0.3, 0.4) is 0 Å². The first-order valence-corrected chi connectivity index (χ1v) is 7.84. The molecule has 1 saturated heterocycles. The molecule has 1 N–H and O–H groups in total. The molecule has 1 saturated carbocycles. The quantitative estimate of drug-likeness (QED) is 0.832. The van der Waals surface area contributed by atoms with E-state index in [1.807, 2.05) is 7.05 Å². The van der Waals surface area contributed by atoms with Crippen LogP contribution in [0.4, 0.5) is 0 Å². The lowest BCUT2D eigenvalue weighted by Crippen LogP contribution is -2.51. The number of hydrogen-bond donors (Lipinski definition) is 1. The van der Waals surface area contributed by atoms with Crippen LogP contribution in [-0.2, 0) is 0 Å². The third-order valence-electron chi connectivity index (χ3n) is 5.31. The van der Waals surface area contributed by atoms with E-state index in [0.717, 1.165) is 12.8 Å². The van der Waals surface area contributed by atoms with Gasteiger partial charge in [-0.3, -0.25) is 0 Å². The Bertz CT molecular complexity index is 344. The van der Waals surface area contributed by atoms with E-state index in [2.05, 4.69) is 30.1 Å². The maximum Gasteiger partial charge on any atom is 0.108 e. The molecule has 108 valence electrons. The molecule has 2 unspecified atom stereocenters. The first-order chi connectivity index (χ1) is 9.00.